The van der Waals surface area contributed by atoms with Gasteiger partial charge in [-0.1, -0.05) is 12.1 Å². The summed E-state index contributed by atoms with van der Waals surface area (Å²) in [4.78, 5) is 17.1. The molecule has 3 aromatic rings. The van der Waals surface area contributed by atoms with Crippen molar-refractivity contribution < 1.29 is 9.21 Å². The third kappa shape index (κ3) is 2.11. The summed E-state index contributed by atoms with van der Waals surface area (Å²) in [7, 11) is 0. The zero-order chi connectivity index (χ0) is 12.5. The molecular formula is C13H8BrNO2S. The minimum atomic E-state index is 0.0171. The van der Waals surface area contributed by atoms with Gasteiger partial charge in [0.1, 0.15) is 5.52 Å². The summed E-state index contributed by atoms with van der Waals surface area (Å²) in [6, 6.07) is 9.36. The molecule has 2 aromatic heterocycles. The summed E-state index contributed by atoms with van der Waals surface area (Å²) in [5.74, 6) is 0.477. The van der Waals surface area contributed by atoms with Crippen molar-refractivity contribution in [3.05, 3.63) is 51.0 Å². The van der Waals surface area contributed by atoms with Crippen LogP contribution in [0, 0.1) is 0 Å². The summed E-state index contributed by atoms with van der Waals surface area (Å²) in [5, 5.41) is 1.88. The molecule has 0 atom stereocenters. The molecule has 0 saturated carbocycles. The average molecular weight is 322 g/mol. The van der Waals surface area contributed by atoms with Crippen LogP contribution in [0.1, 0.15) is 15.6 Å². The number of benzene rings is 1. The van der Waals surface area contributed by atoms with Gasteiger partial charge in [-0.25, -0.2) is 4.98 Å². The molecule has 0 amide bonds. The van der Waals surface area contributed by atoms with Crippen LogP contribution in [0.3, 0.4) is 0 Å². The highest BCUT2D eigenvalue weighted by atomic mass is 79.9. The minimum Gasteiger partial charge on any atom is -0.440 e. The third-order valence-corrected chi connectivity index (χ3v) is 4.40. The van der Waals surface area contributed by atoms with Gasteiger partial charge in [0.2, 0.25) is 5.89 Å². The first-order chi connectivity index (χ1) is 8.74. The standard InChI is InChI=1S/C13H8BrNO2S/c14-8-5-6-18-13(8)10(16)7-12-15-9-3-1-2-4-11(9)17-12/h1-6H,7H2. The van der Waals surface area contributed by atoms with E-state index in [1.54, 1.807) is 0 Å². The Labute approximate surface area is 116 Å². The van der Waals surface area contributed by atoms with Gasteiger partial charge < -0.3 is 4.42 Å². The second kappa shape index (κ2) is 4.66. The molecule has 1 aromatic carbocycles. The fourth-order valence-electron chi connectivity index (χ4n) is 1.71. The SMILES string of the molecule is O=C(Cc1nc2ccccc2o1)c1sccc1Br. The third-order valence-electron chi connectivity index (χ3n) is 2.52. The number of oxazole rings is 1. The first-order valence-electron chi connectivity index (χ1n) is 5.34. The smallest absolute Gasteiger partial charge is 0.203 e. The minimum absolute atomic E-state index is 0.0171. The lowest BCUT2D eigenvalue weighted by atomic mass is 10.2. The van der Waals surface area contributed by atoms with Crippen LogP contribution >= 0.6 is 27.3 Å². The molecule has 0 aliphatic carbocycles. The van der Waals surface area contributed by atoms with E-state index in [9.17, 15) is 4.79 Å². The molecule has 0 bridgehead atoms. The molecule has 0 spiro atoms. The van der Waals surface area contributed by atoms with Crippen LogP contribution < -0.4 is 0 Å². The van der Waals surface area contributed by atoms with Gasteiger partial charge in [-0.05, 0) is 39.5 Å². The van der Waals surface area contributed by atoms with Gasteiger partial charge in [0.05, 0.1) is 11.3 Å². The van der Waals surface area contributed by atoms with Crippen LogP contribution in [0.25, 0.3) is 11.1 Å². The Hall–Kier alpha value is -1.46. The van der Waals surface area contributed by atoms with Gasteiger partial charge in [-0.2, -0.15) is 0 Å². The molecule has 0 N–H and O–H groups in total. The highest BCUT2D eigenvalue weighted by Crippen LogP contribution is 2.24. The predicted molar refractivity (Wildman–Crippen MR) is 74.1 cm³/mol. The van der Waals surface area contributed by atoms with Gasteiger partial charge >= 0.3 is 0 Å². The van der Waals surface area contributed by atoms with Crippen molar-refractivity contribution in [2.24, 2.45) is 0 Å². The maximum absolute atomic E-state index is 12.1. The number of fused-ring (bicyclic) bond motifs is 1. The second-order valence-corrected chi connectivity index (χ2v) is 5.54. The van der Waals surface area contributed by atoms with Crippen molar-refractivity contribution in [2.45, 2.75) is 6.42 Å². The van der Waals surface area contributed by atoms with E-state index in [0.29, 0.717) is 16.4 Å². The Bertz CT molecular complexity index is 683. The molecular weight excluding hydrogens is 314 g/mol. The van der Waals surface area contributed by atoms with E-state index >= 15 is 0 Å². The van der Waals surface area contributed by atoms with Crippen LogP contribution in [0.15, 0.2) is 44.6 Å². The number of carbonyl (C=O) groups is 1. The number of Topliss-reactive ketones (excluding diaryl/α,β-unsaturated/α-hetero) is 1. The maximum atomic E-state index is 12.1. The van der Waals surface area contributed by atoms with E-state index in [1.165, 1.54) is 11.3 Å². The van der Waals surface area contributed by atoms with Gasteiger partial charge in [0.15, 0.2) is 11.4 Å². The molecule has 0 radical (unpaired) electrons. The lowest BCUT2D eigenvalue weighted by molar-refractivity contribution is 0.0989. The quantitative estimate of drug-likeness (QED) is 0.683. The number of halogens is 1. The van der Waals surface area contributed by atoms with Crippen LogP contribution in [0.5, 0.6) is 0 Å². The van der Waals surface area contributed by atoms with Crippen molar-refractivity contribution in [2.75, 3.05) is 0 Å². The molecule has 0 aliphatic rings. The monoisotopic (exact) mass is 321 g/mol. The Morgan fingerprint density at radius 2 is 2.17 bits per heavy atom. The fraction of sp³-hybridized carbons (Fsp3) is 0.0769. The Morgan fingerprint density at radius 3 is 2.89 bits per heavy atom. The summed E-state index contributed by atoms with van der Waals surface area (Å²) in [6.07, 6.45) is 0.188. The molecule has 3 rings (SSSR count). The number of thiophene rings is 1. The Morgan fingerprint density at radius 1 is 1.33 bits per heavy atom. The van der Waals surface area contributed by atoms with Crippen molar-refractivity contribution in [1.82, 2.24) is 4.98 Å². The van der Waals surface area contributed by atoms with E-state index in [2.05, 4.69) is 20.9 Å². The van der Waals surface area contributed by atoms with E-state index in [1.807, 2.05) is 35.7 Å². The average Bonchev–Trinajstić information content (AvgIpc) is 2.94. The number of para-hydroxylation sites is 2. The van der Waals surface area contributed by atoms with Crippen LogP contribution in [0.2, 0.25) is 0 Å². The van der Waals surface area contributed by atoms with Gasteiger partial charge in [-0.3, -0.25) is 4.79 Å². The topological polar surface area (TPSA) is 43.1 Å². The molecule has 5 heteroatoms. The summed E-state index contributed by atoms with van der Waals surface area (Å²) < 4.78 is 6.36. The molecule has 0 unspecified atom stereocenters. The molecule has 2 heterocycles. The zero-order valence-electron chi connectivity index (χ0n) is 9.22. The summed E-state index contributed by atoms with van der Waals surface area (Å²) in [6.45, 7) is 0. The van der Waals surface area contributed by atoms with Crippen LogP contribution in [0.4, 0.5) is 0 Å². The van der Waals surface area contributed by atoms with Crippen molar-refractivity contribution in [3.63, 3.8) is 0 Å². The lowest BCUT2D eigenvalue weighted by Crippen LogP contribution is -2.01. The molecule has 3 nitrogen and oxygen atoms in total. The molecule has 0 saturated heterocycles. The van der Waals surface area contributed by atoms with Gasteiger partial charge in [0, 0.05) is 4.47 Å². The number of carbonyl (C=O) groups excluding carboxylic acids is 1. The second-order valence-electron chi connectivity index (χ2n) is 3.77. The van der Waals surface area contributed by atoms with E-state index < -0.39 is 0 Å². The van der Waals surface area contributed by atoms with Crippen molar-refractivity contribution >= 4 is 44.1 Å². The zero-order valence-corrected chi connectivity index (χ0v) is 11.6. The molecule has 90 valence electrons. The first kappa shape index (κ1) is 11.6. The Kier molecular flexibility index (Phi) is 3.01. The number of hydrogen-bond acceptors (Lipinski definition) is 4. The lowest BCUT2D eigenvalue weighted by Gasteiger charge is -1.94. The fourth-order valence-corrected chi connectivity index (χ4v) is 3.24. The first-order valence-corrected chi connectivity index (χ1v) is 7.02. The molecule has 18 heavy (non-hydrogen) atoms. The molecule has 0 fully saturated rings. The number of aromatic nitrogens is 1. The van der Waals surface area contributed by atoms with Crippen LogP contribution in [-0.4, -0.2) is 10.8 Å². The number of ketones is 1. The van der Waals surface area contributed by atoms with E-state index in [-0.39, 0.29) is 12.2 Å². The van der Waals surface area contributed by atoms with Gasteiger partial charge in [0.25, 0.3) is 0 Å². The number of nitrogens with zero attached hydrogens (tertiary/aromatic N) is 1. The highest BCUT2D eigenvalue weighted by molar-refractivity contribution is 9.10. The number of hydrogen-bond donors (Lipinski definition) is 0. The highest BCUT2D eigenvalue weighted by Gasteiger charge is 2.15. The maximum Gasteiger partial charge on any atom is 0.203 e. The summed E-state index contributed by atoms with van der Waals surface area (Å²) >= 11 is 4.77. The largest absolute Gasteiger partial charge is 0.440 e. The Balaban J connectivity index is 1.88. The van der Waals surface area contributed by atoms with Crippen LogP contribution in [-0.2, 0) is 6.42 Å². The number of rotatable bonds is 3. The summed E-state index contributed by atoms with van der Waals surface area (Å²) in [5.41, 5.74) is 1.50. The molecule has 0 aliphatic heterocycles. The predicted octanol–water partition coefficient (Wildman–Crippen LogP) is 4.08. The van der Waals surface area contributed by atoms with E-state index in [4.69, 9.17) is 4.42 Å². The van der Waals surface area contributed by atoms with Crippen molar-refractivity contribution in [1.29, 1.82) is 0 Å². The van der Waals surface area contributed by atoms with Gasteiger partial charge in [-0.15, -0.1) is 11.3 Å². The normalized spacial score (nSPS) is 10.9. The van der Waals surface area contributed by atoms with Crippen molar-refractivity contribution in [3.8, 4) is 0 Å². The van der Waals surface area contributed by atoms with E-state index in [0.717, 1.165) is 9.99 Å².